The van der Waals surface area contributed by atoms with Crippen LogP contribution < -0.4 is 20.3 Å². The van der Waals surface area contributed by atoms with Gasteiger partial charge in [-0.15, -0.1) is 0 Å². The van der Waals surface area contributed by atoms with Crippen LogP contribution in [0.2, 0.25) is 0 Å². The molecule has 0 radical (unpaired) electrons. The van der Waals surface area contributed by atoms with Crippen LogP contribution in [-0.4, -0.2) is 62.3 Å². The van der Waals surface area contributed by atoms with Crippen molar-refractivity contribution in [1.29, 1.82) is 0 Å². The average molecular weight is 415 g/mol. The Labute approximate surface area is 177 Å². The lowest BCUT2D eigenvalue weighted by atomic mass is 9.91. The quantitative estimate of drug-likeness (QED) is 0.808. The monoisotopic (exact) mass is 414 g/mol. The van der Waals surface area contributed by atoms with Gasteiger partial charge in [0, 0.05) is 44.5 Å². The molecule has 0 unspecified atom stereocenters. The Morgan fingerprint density at radius 2 is 1.80 bits per heavy atom. The lowest BCUT2D eigenvalue weighted by Gasteiger charge is -2.30. The number of rotatable bonds is 5. The molecule has 0 spiro atoms. The van der Waals surface area contributed by atoms with Crippen LogP contribution in [0.3, 0.4) is 0 Å². The van der Waals surface area contributed by atoms with Gasteiger partial charge in [-0.25, -0.2) is 4.79 Å². The third kappa shape index (κ3) is 4.00. The van der Waals surface area contributed by atoms with Gasteiger partial charge in [-0.05, 0) is 43.8 Å². The van der Waals surface area contributed by atoms with Crippen LogP contribution in [0.4, 0.5) is 4.79 Å². The van der Waals surface area contributed by atoms with Crippen molar-refractivity contribution in [3.05, 3.63) is 45.4 Å². The van der Waals surface area contributed by atoms with Gasteiger partial charge in [0.15, 0.2) is 0 Å². The van der Waals surface area contributed by atoms with E-state index in [1.165, 1.54) is 0 Å². The zero-order valence-corrected chi connectivity index (χ0v) is 18.5. The number of ether oxygens (including phenoxy) is 2. The van der Waals surface area contributed by atoms with E-state index in [2.05, 4.69) is 10.2 Å². The number of aryl methyl sites for hydroxylation is 1. The molecule has 0 saturated heterocycles. The van der Waals surface area contributed by atoms with Crippen molar-refractivity contribution >= 4 is 6.03 Å². The Bertz CT molecular complexity index is 988. The number of pyridine rings is 1. The number of hydrogen-bond acceptors (Lipinski definition) is 5. The number of nitrogens with one attached hydrogen (secondary N) is 1. The Hall–Kier alpha value is -3.00. The first-order valence-corrected chi connectivity index (χ1v) is 9.88. The highest BCUT2D eigenvalue weighted by atomic mass is 16.5. The largest absolute Gasteiger partial charge is 0.496 e. The topological polar surface area (TPSA) is 76.0 Å². The molecule has 0 aliphatic carbocycles. The highest BCUT2D eigenvalue weighted by molar-refractivity contribution is 5.76. The van der Waals surface area contributed by atoms with Crippen molar-refractivity contribution in [3.63, 3.8) is 0 Å². The van der Waals surface area contributed by atoms with Crippen LogP contribution in [0.15, 0.2) is 23.1 Å². The van der Waals surface area contributed by atoms with Gasteiger partial charge in [0.2, 0.25) is 0 Å². The molecule has 0 saturated carbocycles. The fourth-order valence-electron chi connectivity index (χ4n) is 3.99. The minimum atomic E-state index is -0.176. The molecule has 8 nitrogen and oxygen atoms in total. The molecule has 0 atom stereocenters. The summed E-state index contributed by atoms with van der Waals surface area (Å²) in [5.41, 5.74) is 4.40. The van der Waals surface area contributed by atoms with Gasteiger partial charge >= 0.3 is 6.03 Å². The standard InChI is InChI=1S/C22H30N4O4/c1-23-22(28)26-8-7-15-16(12-25(4)21(27)17(15)13-26)14-9-19(29-5)18(11-24(2)3)20(10-14)30-6/h9-10,12H,7-8,11,13H2,1-6H3,(H,23,28). The van der Waals surface area contributed by atoms with Gasteiger partial charge in [-0.2, -0.15) is 0 Å². The Balaban J connectivity index is 2.17. The molecule has 30 heavy (non-hydrogen) atoms. The number of nitrogens with zero attached hydrogens (tertiary/aromatic N) is 3. The number of methoxy groups -OCH3 is 2. The molecule has 2 amide bonds. The fraction of sp³-hybridized carbons (Fsp3) is 0.455. The summed E-state index contributed by atoms with van der Waals surface area (Å²) in [7, 11) is 10.6. The molecule has 8 heteroatoms. The number of urea groups is 1. The Morgan fingerprint density at radius 1 is 1.17 bits per heavy atom. The smallest absolute Gasteiger partial charge is 0.317 e. The molecule has 1 N–H and O–H groups in total. The van der Waals surface area contributed by atoms with Crippen molar-refractivity contribution in [2.45, 2.75) is 19.5 Å². The van der Waals surface area contributed by atoms with Crippen LogP contribution in [0.1, 0.15) is 16.7 Å². The van der Waals surface area contributed by atoms with E-state index < -0.39 is 0 Å². The van der Waals surface area contributed by atoms with Crippen molar-refractivity contribution in [3.8, 4) is 22.6 Å². The van der Waals surface area contributed by atoms with Crippen molar-refractivity contribution < 1.29 is 14.3 Å². The summed E-state index contributed by atoms with van der Waals surface area (Å²) in [6.45, 7) is 1.53. The van der Waals surface area contributed by atoms with Crippen molar-refractivity contribution in [2.24, 2.45) is 7.05 Å². The maximum atomic E-state index is 12.8. The molecule has 1 aromatic carbocycles. The molecule has 162 valence electrons. The lowest BCUT2D eigenvalue weighted by Crippen LogP contribution is -2.44. The summed E-state index contributed by atoms with van der Waals surface area (Å²) in [5.74, 6) is 1.48. The van der Waals surface area contributed by atoms with Gasteiger partial charge in [-0.1, -0.05) is 0 Å². The number of fused-ring (bicyclic) bond motifs is 1. The van der Waals surface area contributed by atoms with E-state index in [9.17, 15) is 9.59 Å². The molecule has 1 aromatic heterocycles. The van der Waals surface area contributed by atoms with Crippen LogP contribution in [0, 0.1) is 0 Å². The number of carbonyl (C=O) groups is 1. The molecule has 3 rings (SSSR count). The first-order valence-electron chi connectivity index (χ1n) is 9.88. The number of amides is 2. The van der Waals surface area contributed by atoms with Crippen LogP contribution in [0.5, 0.6) is 11.5 Å². The summed E-state index contributed by atoms with van der Waals surface area (Å²) in [6, 6.07) is 3.81. The van der Waals surface area contributed by atoms with E-state index in [-0.39, 0.29) is 11.6 Å². The molecular formula is C22H30N4O4. The maximum Gasteiger partial charge on any atom is 0.317 e. The third-order valence-electron chi connectivity index (χ3n) is 5.47. The molecular weight excluding hydrogens is 384 g/mol. The normalized spacial score (nSPS) is 13.2. The second kappa shape index (κ2) is 8.79. The zero-order chi connectivity index (χ0) is 22.0. The Kier molecular flexibility index (Phi) is 6.36. The second-order valence-corrected chi connectivity index (χ2v) is 7.74. The van der Waals surface area contributed by atoms with Crippen molar-refractivity contribution in [1.82, 2.24) is 19.7 Å². The maximum absolute atomic E-state index is 12.8. The SMILES string of the molecule is CNC(=O)N1CCc2c(-c3cc(OC)c(CN(C)C)c(OC)c3)cn(C)c(=O)c2C1. The van der Waals surface area contributed by atoms with Crippen LogP contribution in [0.25, 0.3) is 11.1 Å². The predicted molar refractivity (Wildman–Crippen MR) is 116 cm³/mol. The number of hydrogen-bond donors (Lipinski definition) is 1. The number of aromatic nitrogens is 1. The number of carbonyl (C=O) groups excluding carboxylic acids is 1. The van der Waals surface area contributed by atoms with E-state index in [0.29, 0.717) is 31.6 Å². The summed E-state index contributed by atoms with van der Waals surface area (Å²) in [6.07, 6.45) is 2.47. The van der Waals surface area contributed by atoms with Gasteiger partial charge in [0.25, 0.3) is 5.56 Å². The highest BCUT2D eigenvalue weighted by Crippen LogP contribution is 2.38. The van der Waals surface area contributed by atoms with E-state index in [4.69, 9.17) is 9.47 Å². The zero-order valence-electron chi connectivity index (χ0n) is 18.5. The van der Waals surface area contributed by atoms with E-state index in [0.717, 1.165) is 33.8 Å². The van der Waals surface area contributed by atoms with E-state index in [1.54, 1.807) is 37.8 Å². The van der Waals surface area contributed by atoms with Gasteiger partial charge in [0.05, 0.1) is 26.3 Å². The predicted octanol–water partition coefficient (Wildman–Crippen LogP) is 1.83. The molecule has 2 heterocycles. The summed E-state index contributed by atoms with van der Waals surface area (Å²) < 4.78 is 12.9. The van der Waals surface area contributed by atoms with Gasteiger partial charge < -0.3 is 29.2 Å². The van der Waals surface area contributed by atoms with Crippen LogP contribution in [-0.2, 0) is 26.6 Å². The van der Waals surface area contributed by atoms with Gasteiger partial charge in [-0.3, -0.25) is 4.79 Å². The molecule has 0 bridgehead atoms. The summed E-state index contributed by atoms with van der Waals surface area (Å²) >= 11 is 0. The lowest BCUT2D eigenvalue weighted by molar-refractivity contribution is 0.194. The molecule has 1 aliphatic rings. The van der Waals surface area contributed by atoms with Crippen LogP contribution >= 0.6 is 0 Å². The second-order valence-electron chi connectivity index (χ2n) is 7.74. The van der Waals surface area contributed by atoms with E-state index in [1.807, 2.05) is 32.4 Å². The summed E-state index contributed by atoms with van der Waals surface area (Å²) in [4.78, 5) is 28.6. The minimum absolute atomic E-state index is 0.0782. The van der Waals surface area contributed by atoms with Crippen molar-refractivity contribution in [2.75, 3.05) is 41.9 Å². The summed E-state index contributed by atoms with van der Waals surface area (Å²) in [5, 5.41) is 2.64. The Morgan fingerprint density at radius 3 is 2.33 bits per heavy atom. The van der Waals surface area contributed by atoms with E-state index >= 15 is 0 Å². The highest BCUT2D eigenvalue weighted by Gasteiger charge is 2.26. The molecule has 2 aromatic rings. The third-order valence-corrected chi connectivity index (χ3v) is 5.47. The number of benzene rings is 1. The minimum Gasteiger partial charge on any atom is -0.496 e. The van der Waals surface area contributed by atoms with Gasteiger partial charge in [0.1, 0.15) is 11.5 Å². The molecule has 0 fully saturated rings. The first kappa shape index (κ1) is 21.7. The average Bonchev–Trinajstić information content (AvgIpc) is 2.75. The first-order chi connectivity index (χ1) is 14.3. The fourth-order valence-corrected chi connectivity index (χ4v) is 3.99. The molecule has 1 aliphatic heterocycles.